The predicted octanol–water partition coefficient (Wildman–Crippen LogP) is -0.0656. The molecule has 0 aliphatic carbocycles. The van der Waals surface area contributed by atoms with E-state index in [9.17, 15) is 4.79 Å². The molecule has 0 aliphatic heterocycles. The van der Waals surface area contributed by atoms with Crippen LogP contribution in [0.4, 0.5) is 0 Å². The highest BCUT2D eigenvalue weighted by atomic mass is 16.1. The number of carbonyl (C=O) groups excluding carboxylic acids is 1. The molecule has 0 N–H and O–H groups in total. The van der Waals surface area contributed by atoms with Crippen molar-refractivity contribution in [2.75, 3.05) is 0 Å². The van der Waals surface area contributed by atoms with Crippen LogP contribution in [0.15, 0.2) is 18.5 Å². The van der Waals surface area contributed by atoms with Gasteiger partial charge in [-0.05, 0) is 6.07 Å². The van der Waals surface area contributed by atoms with E-state index in [4.69, 9.17) is 0 Å². The van der Waals surface area contributed by atoms with Crippen LogP contribution >= 0.6 is 0 Å². The van der Waals surface area contributed by atoms with Gasteiger partial charge in [0, 0.05) is 5.56 Å². The Bertz CT molecular complexity index is 173. The molecule has 8 heavy (non-hydrogen) atoms. The summed E-state index contributed by atoms with van der Waals surface area (Å²) >= 11 is 0. The number of aromatic nitrogens is 2. The van der Waals surface area contributed by atoms with E-state index in [1.54, 1.807) is 12.4 Å². The van der Waals surface area contributed by atoms with Gasteiger partial charge in [0.25, 0.3) is 0 Å². The Morgan fingerprint density at radius 2 is 2.38 bits per heavy atom. The van der Waals surface area contributed by atoms with Gasteiger partial charge in [0.05, 0.1) is 12.4 Å². The number of hydrogen-bond acceptors (Lipinski definition) is 3. The SMILES string of the molecule is O=[C]c1ccnnc1. The summed E-state index contributed by atoms with van der Waals surface area (Å²) in [6, 6.07) is 1.54. The second-order valence-corrected chi connectivity index (χ2v) is 1.23. The average Bonchev–Trinajstić information content (AvgIpc) is 1.90. The van der Waals surface area contributed by atoms with Crippen LogP contribution in [0.5, 0.6) is 0 Å². The number of rotatable bonds is 1. The highest BCUT2D eigenvalue weighted by molar-refractivity contribution is 5.74. The average molecular weight is 107 g/mol. The van der Waals surface area contributed by atoms with Crippen molar-refractivity contribution in [2.24, 2.45) is 0 Å². The molecule has 0 amide bonds. The van der Waals surface area contributed by atoms with Crippen molar-refractivity contribution in [1.82, 2.24) is 10.2 Å². The van der Waals surface area contributed by atoms with E-state index in [0.29, 0.717) is 5.56 Å². The number of nitrogens with zero attached hydrogens (tertiary/aromatic N) is 2. The summed E-state index contributed by atoms with van der Waals surface area (Å²) in [4.78, 5) is 9.81. The lowest BCUT2D eigenvalue weighted by atomic mass is 10.4. The fourth-order valence-corrected chi connectivity index (χ4v) is 0.351. The molecule has 3 nitrogen and oxygen atoms in total. The van der Waals surface area contributed by atoms with Crippen LogP contribution in [0.2, 0.25) is 0 Å². The van der Waals surface area contributed by atoms with Crippen molar-refractivity contribution >= 4 is 6.29 Å². The largest absolute Gasteiger partial charge is 0.285 e. The highest BCUT2D eigenvalue weighted by Gasteiger charge is 1.84. The van der Waals surface area contributed by atoms with Gasteiger partial charge in [-0.2, -0.15) is 10.2 Å². The van der Waals surface area contributed by atoms with E-state index in [1.165, 1.54) is 12.4 Å². The molecule has 0 aromatic carbocycles. The van der Waals surface area contributed by atoms with Gasteiger partial charge in [0.15, 0.2) is 0 Å². The molecule has 0 spiro atoms. The molecule has 0 aliphatic rings. The molecule has 0 bridgehead atoms. The summed E-state index contributed by atoms with van der Waals surface area (Å²) in [5.41, 5.74) is 0.431. The molecule has 0 unspecified atom stereocenters. The van der Waals surface area contributed by atoms with Crippen molar-refractivity contribution in [3.8, 4) is 0 Å². The van der Waals surface area contributed by atoms with Crippen LogP contribution in [0.25, 0.3) is 0 Å². The maximum absolute atomic E-state index is 9.81. The van der Waals surface area contributed by atoms with Gasteiger partial charge < -0.3 is 0 Å². The Balaban J connectivity index is 2.99. The van der Waals surface area contributed by atoms with E-state index in [0.717, 1.165) is 0 Å². The Hall–Kier alpha value is -1.25. The monoisotopic (exact) mass is 107 g/mol. The van der Waals surface area contributed by atoms with Gasteiger partial charge in [-0.25, -0.2) is 0 Å². The van der Waals surface area contributed by atoms with Gasteiger partial charge in [-0.3, -0.25) is 4.79 Å². The molecule has 0 saturated carbocycles. The molecule has 1 heterocycles. The summed E-state index contributed by atoms with van der Waals surface area (Å²) in [7, 11) is 0. The fraction of sp³-hybridized carbons (Fsp3) is 0. The minimum Gasteiger partial charge on any atom is -0.285 e. The summed E-state index contributed by atoms with van der Waals surface area (Å²) in [6.07, 6.45) is 4.47. The highest BCUT2D eigenvalue weighted by Crippen LogP contribution is 1.84. The first-order valence-corrected chi connectivity index (χ1v) is 2.08. The molecule has 1 rings (SSSR count). The maximum atomic E-state index is 9.81. The van der Waals surface area contributed by atoms with E-state index < -0.39 is 0 Å². The van der Waals surface area contributed by atoms with Gasteiger partial charge in [0.2, 0.25) is 6.29 Å². The summed E-state index contributed by atoms with van der Waals surface area (Å²) < 4.78 is 0. The molecule has 1 aromatic rings. The molecule has 0 saturated heterocycles. The predicted molar refractivity (Wildman–Crippen MR) is 26.8 cm³/mol. The third-order valence-electron chi connectivity index (χ3n) is 0.702. The Morgan fingerprint density at radius 3 is 2.75 bits per heavy atom. The van der Waals surface area contributed by atoms with Crippen LogP contribution in [0, 0.1) is 0 Å². The third-order valence-corrected chi connectivity index (χ3v) is 0.702. The number of hydrogen-bond donors (Lipinski definition) is 0. The summed E-state index contributed by atoms with van der Waals surface area (Å²) in [5.74, 6) is 0. The van der Waals surface area contributed by atoms with Crippen LogP contribution in [0.1, 0.15) is 5.56 Å². The van der Waals surface area contributed by atoms with E-state index in [1.807, 2.05) is 0 Å². The van der Waals surface area contributed by atoms with Crippen LogP contribution in [-0.2, 0) is 4.79 Å². The second-order valence-electron chi connectivity index (χ2n) is 1.23. The topological polar surface area (TPSA) is 42.9 Å². The minimum atomic E-state index is 0.431. The van der Waals surface area contributed by atoms with E-state index in [-0.39, 0.29) is 0 Å². The Kier molecular flexibility index (Phi) is 1.32. The van der Waals surface area contributed by atoms with Crippen molar-refractivity contribution in [3.05, 3.63) is 24.0 Å². The lowest BCUT2D eigenvalue weighted by Crippen LogP contribution is -1.82. The van der Waals surface area contributed by atoms with Crippen molar-refractivity contribution in [2.45, 2.75) is 0 Å². The second kappa shape index (κ2) is 2.16. The van der Waals surface area contributed by atoms with Crippen LogP contribution < -0.4 is 0 Å². The Labute approximate surface area is 46.4 Å². The molecule has 0 fully saturated rings. The normalized spacial score (nSPS) is 8.50. The molecule has 1 aromatic heterocycles. The van der Waals surface area contributed by atoms with E-state index >= 15 is 0 Å². The quantitative estimate of drug-likeness (QED) is 0.504. The fourth-order valence-electron chi connectivity index (χ4n) is 0.351. The lowest BCUT2D eigenvalue weighted by Gasteiger charge is -1.79. The van der Waals surface area contributed by atoms with Gasteiger partial charge in [0.1, 0.15) is 0 Å². The Morgan fingerprint density at radius 1 is 1.50 bits per heavy atom. The van der Waals surface area contributed by atoms with Crippen molar-refractivity contribution in [1.29, 1.82) is 0 Å². The van der Waals surface area contributed by atoms with Crippen molar-refractivity contribution < 1.29 is 4.79 Å². The smallest absolute Gasteiger partial charge is 0.235 e. The first kappa shape index (κ1) is 4.90. The lowest BCUT2D eigenvalue weighted by molar-refractivity contribution is 0.562. The molecule has 0 atom stereocenters. The van der Waals surface area contributed by atoms with Gasteiger partial charge >= 0.3 is 0 Å². The van der Waals surface area contributed by atoms with E-state index in [2.05, 4.69) is 10.2 Å². The zero-order valence-electron chi connectivity index (χ0n) is 4.03. The standard InChI is InChI=1S/C5H3N2O/c8-4-5-1-2-6-7-3-5/h1-3H. The summed E-state index contributed by atoms with van der Waals surface area (Å²) in [5, 5.41) is 6.91. The first-order chi connectivity index (χ1) is 3.93. The van der Waals surface area contributed by atoms with Crippen LogP contribution in [0.3, 0.4) is 0 Å². The maximum Gasteiger partial charge on any atom is 0.235 e. The van der Waals surface area contributed by atoms with Gasteiger partial charge in [-0.15, -0.1) is 0 Å². The first-order valence-electron chi connectivity index (χ1n) is 2.08. The summed E-state index contributed by atoms with van der Waals surface area (Å²) in [6.45, 7) is 0. The molecule has 39 valence electrons. The molecule has 1 radical (unpaired) electrons. The minimum absolute atomic E-state index is 0.431. The molecule has 3 heteroatoms. The third kappa shape index (κ3) is 0.872. The zero-order valence-corrected chi connectivity index (χ0v) is 4.03. The van der Waals surface area contributed by atoms with Crippen molar-refractivity contribution in [3.63, 3.8) is 0 Å². The van der Waals surface area contributed by atoms with Gasteiger partial charge in [-0.1, -0.05) is 0 Å². The van der Waals surface area contributed by atoms with Crippen LogP contribution in [-0.4, -0.2) is 16.5 Å². The molecular formula is C5H3N2O. The zero-order chi connectivity index (χ0) is 5.82. The molecular weight excluding hydrogens is 104 g/mol.